The minimum atomic E-state index is 0.618. The highest BCUT2D eigenvalue weighted by Crippen LogP contribution is 1.88. The number of unbranched alkanes of at least 4 members (excludes halogenated alkanes) is 2. The highest BCUT2D eigenvalue weighted by atomic mass is 16.6. The molecule has 0 rings (SSSR count). The molecule has 128 valence electrons. The van der Waals surface area contributed by atoms with E-state index in [-0.39, 0.29) is 0 Å². The smallest absolute Gasteiger partial charge is 0.0701 e. The molecule has 0 amide bonds. The highest BCUT2D eigenvalue weighted by molar-refractivity contribution is 4.45. The summed E-state index contributed by atoms with van der Waals surface area (Å²) in [4.78, 5) is 0. The van der Waals surface area contributed by atoms with Crippen LogP contribution in [0.25, 0.3) is 0 Å². The lowest BCUT2D eigenvalue weighted by atomic mass is 10.3. The predicted octanol–water partition coefficient (Wildman–Crippen LogP) is 2.24. The van der Waals surface area contributed by atoms with Gasteiger partial charge in [0.15, 0.2) is 0 Å². The molecule has 0 saturated heterocycles. The Morgan fingerprint density at radius 1 is 0.524 bits per heavy atom. The quantitative estimate of drug-likeness (QED) is 0.394. The van der Waals surface area contributed by atoms with Crippen LogP contribution in [-0.4, -0.2) is 65.9 Å². The summed E-state index contributed by atoms with van der Waals surface area (Å²) in [5.74, 6) is 0. The average Bonchev–Trinajstić information content (AvgIpc) is 2.50. The van der Waals surface area contributed by atoms with Crippen molar-refractivity contribution in [2.75, 3.05) is 65.9 Å². The molecule has 0 radical (unpaired) electrons. The Hall–Kier alpha value is -0.200. The minimum absolute atomic E-state index is 0.618. The van der Waals surface area contributed by atoms with Crippen molar-refractivity contribution in [3.05, 3.63) is 0 Å². The van der Waals surface area contributed by atoms with Crippen molar-refractivity contribution in [3.63, 3.8) is 0 Å². The molecular weight excluding hydrogens is 270 g/mol. The van der Waals surface area contributed by atoms with Gasteiger partial charge in [-0.25, -0.2) is 0 Å². The zero-order chi connectivity index (χ0) is 15.4. The summed E-state index contributed by atoms with van der Waals surface area (Å²) < 4.78 is 21.6. The van der Waals surface area contributed by atoms with Crippen LogP contribution in [0.15, 0.2) is 0 Å². The van der Waals surface area contributed by atoms with Gasteiger partial charge in [-0.2, -0.15) is 0 Å². The fraction of sp³-hybridized carbons (Fsp3) is 1.00. The second kappa shape index (κ2) is 19.8. The number of hydrogen-bond acceptors (Lipinski definition) is 5. The Morgan fingerprint density at radius 2 is 1.00 bits per heavy atom. The molecule has 0 aromatic heterocycles. The second-order valence-electron chi connectivity index (χ2n) is 4.91. The van der Waals surface area contributed by atoms with Crippen LogP contribution < -0.4 is 5.32 Å². The lowest BCUT2D eigenvalue weighted by Crippen LogP contribution is -2.21. The molecule has 0 aromatic carbocycles. The first-order valence-corrected chi connectivity index (χ1v) is 8.43. The van der Waals surface area contributed by atoms with E-state index in [1.54, 1.807) is 0 Å². The predicted molar refractivity (Wildman–Crippen MR) is 86.0 cm³/mol. The van der Waals surface area contributed by atoms with E-state index < -0.39 is 0 Å². The first kappa shape index (κ1) is 20.8. The van der Waals surface area contributed by atoms with Gasteiger partial charge in [-0.05, 0) is 19.4 Å². The van der Waals surface area contributed by atoms with Gasteiger partial charge in [0, 0.05) is 13.2 Å². The Balaban J connectivity index is 2.90. The van der Waals surface area contributed by atoms with Crippen LogP contribution in [0, 0.1) is 0 Å². The van der Waals surface area contributed by atoms with Crippen LogP contribution in [0.3, 0.4) is 0 Å². The molecule has 21 heavy (non-hydrogen) atoms. The largest absolute Gasteiger partial charge is 0.379 e. The van der Waals surface area contributed by atoms with Crippen molar-refractivity contribution in [3.8, 4) is 0 Å². The van der Waals surface area contributed by atoms with E-state index in [1.165, 1.54) is 19.3 Å². The summed E-state index contributed by atoms with van der Waals surface area (Å²) in [5, 5.41) is 3.33. The number of rotatable bonds is 18. The topological polar surface area (TPSA) is 49.0 Å². The fourth-order valence-corrected chi connectivity index (χ4v) is 1.58. The van der Waals surface area contributed by atoms with E-state index >= 15 is 0 Å². The first-order chi connectivity index (χ1) is 10.4. The van der Waals surface area contributed by atoms with Gasteiger partial charge in [0.1, 0.15) is 0 Å². The molecular formula is C16H35NO4. The van der Waals surface area contributed by atoms with Crippen molar-refractivity contribution < 1.29 is 18.9 Å². The molecule has 5 heteroatoms. The Labute approximate surface area is 130 Å². The van der Waals surface area contributed by atoms with Crippen LogP contribution in [0.4, 0.5) is 0 Å². The van der Waals surface area contributed by atoms with Gasteiger partial charge in [0.25, 0.3) is 0 Å². The van der Waals surface area contributed by atoms with Gasteiger partial charge in [0.05, 0.1) is 46.2 Å². The third-order valence-corrected chi connectivity index (χ3v) is 2.89. The molecule has 0 spiro atoms. The normalized spacial score (nSPS) is 11.1. The first-order valence-electron chi connectivity index (χ1n) is 8.43. The van der Waals surface area contributed by atoms with Crippen molar-refractivity contribution in [1.29, 1.82) is 0 Å². The van der Waals surface area contributed by atoms with Crippen LogP contribution in [0.1, 0.15) is 39.5 Å². The van der Waals surface area contributed by atoms with Crippen molar-refractivity contribution >= 4 is 0 Å². The summed E-state index contributed by atoms with van der Waals surface area (Å²) in [6.07, 6.45) is 4.75. The van der Waals surface area contributed by atoms with Crippen molar-refractivity contribution in [2.45, 2.75) is 39.5 Å². The third kappa shape index (κ3) is 19.8. The maximum atomic E-state index is 5.45. The van der Waals surface area contributed by atoms with Gasteiger partial charge < -0.3 is 24.3 Å². The van der Waals surface area contributed by atoms with Gasteiger partial charge >= 0.3 is 0 Å². The average molecular weight is 305 g/mol. The maximum Gasteiger partial charge on any atom is 0.0701 e. The van der Waals surface area contributed by atoms with Gasteiger partial charge in [-0.3, -0.25) is 0 Å². The summed E-state index contributed by atoms with van der Waals surface area (Å²) >= 11 is 0. The molecule has 0 aliphatic rings. The second-order valence-corrected chi connectivity index (χ2v) is 4.91. The molecule has 0 unspecified atom stereocenters. The summed E-state index contributed by atoms with van der Waals surface area (Å²) in [5.41, 5.74) is 0. The Kier molecular flexibility index (Phi) is 19.6. The third-order valence-electron chi connectivity index (χ3n) is 2.89. The Bertz CT molecular complexity index is 164. The van der Waals surface area contributed by atoms with Gasteiger partial charge in [-0.1, -0.05) is 26.7 Å². The SMILES string of the molecule is CCCCNCCOCCOCCOCCOCCCC. The van der Waals surface area contributed by atoms with Crippen molar-refractivity contribution in [2.24, 2.45) is 0 Å². The fourth-order valence-electron chi connectivity index (χ4n) is 1.58. The zero-order valence-electron chi connectivity index (χ0n) is 14.0. The molecule has 0 aliphatic carbocycles. The van der Waals surface area contributed by atoms with E-state index in [2.05, 4.69) is 19.2 Å². The molecule has 0 atom stereocenters. The molecule has 0 aromatic rings. The van der Waals surface area contributed by atoms with E-state index in [9.17, 15) is 0 Å². The minimum Gasteiger partial charge on any atom is -0.379 e. The van der Waals surface area contributed by atoms with Crippen LogP contribution in [0.5, 0.6) is 0 Å². The summed E-state index contributed by atoms with van der Waals surface area (Å²) in [6, 6.07) is 0. The van der Waals surface area contributed by atoms with E-state index in [0.717, 1.165) is 32.7 Å². The Morgan fingerprint density at radius 3 is 1.52 bits per heavy atom. The zero-order valence-corrected chi connectivity index (χ0v) is 14.0. The van der Waals surface area contributed by atoms with Gasteiger partial charge in [0.2, 0.25) is 0 Å². The van der Waals surface area contributed by atoms with Gasteiger partial charge in [-0.15, -0.1) is 0 Å². The highest BCUT2D eigenvalue weighted by Gasteiger charge is 1.93. The van der Waals surface area contributed by atoms with Crippen LogP contribution in [0.2, 0.25) is 0 Å². The number of nitrogens with one attached hydrogen (secondary N) is 1. The molecule has 0 fully saturated rings. The summed E-state index contributed by atoms with van der Waals surface area (Å²) in [6.45, 7) is 11.8. The maximum absolute atomic E-state index is 5.45. The monoisotopic (exact) mass is 305 g/mol. The lowest BCUT2D eigenvalue weighted by Gasteiger charge is -2.07. The number of ether oxygens (including phenoxy) is 4. The van der Waals surface area contributed by atoms with Crippen LogP contribution in [-0.2, 0) is 18.9 Å². The van der Waals surface area contributed by atoms with Crippen molar-refractivity contribution in [1.82, 2.24) is 5.32 Å². The molecule has 5 nitrogen and oxygen atoms in total. The van der Waals surface area contributed by atoms with E-state index in [4.69, 9.17) is 18.9 Å². The molecule has 1 N–H and O–H groups in total. The standard InChI is InChI=1S/C16H35NO4/c1-3-5-7-17-8-10-19-12-14-21-16-15-20-13-11-18-9-6-4-2/h17H,3-16H2,1-2H3. The lowest BCUT2D eigenvalue weighted by molar-refractivity contribution is -0.00168. The summed E-state index contributed by atoms with van der Waals surface area (Å²) in [7, 11) is 0. The molecule has 0 saturated carbocycles. The van der Waals surface area contributed by atoms with Crippen LogP contribution >= 0.6 is 0 Å². The van der Waals surface area contributed by atoms with E-state index in [1.807, 2.05) is 0 Å². The molecule has 0 bridgehead atoms. The molecule has 0 heterocycles. The number of hydrogen-bond donors (Lipinski definition) is 1. The van der Waals surface area contributed by atoms with E-state index in [0.29, 0.717) is 39.6 Å². The molecule has 0 aliphatic heterocycles.